The number of para-hydroxylation sites is 1. The van der Waals surface area contributed by atoms with Gasteiger partial charge in [0.1, 0.15) is 50.3 Å². The second kappa shape index (κ2) is 7.65. The maximum Gasteiger partial charge on any atom is 0.137 e. The lowest BCUT2D eigenvalue weighted by Gasteiger charge is -2.33. The molecule has 0 radical (unpaired) electrons. The fourth-order valence-electron chi connectivity index (χ4n) is 3.35. The molecule has 0 bridgehead atoms. The first-order valence-corrected chi connectivity index (χ1v) is 8.65. The van der Waals surface area contributed by atoms with Gasteiger partial charge in [-0.15, -0.1) is 0 Å². The number of morpholine rings is 1. The highest BCUT2D eigenvalue weighted by Gasteiger charge is 2.27. The molecule has 1 aliphatic heterocycles. The Morgan fingerprint density at radius 2 is 1.83 bits per heavy atom. The Morgan fingerprint density at radius 1 is 1.22 bits per heavy atom. The van der Waals surface area contributed by atoms with Crippen LogP contribution in [-0.2, 0) is 10.2 Å². The van der Waals surface area contributed by atoms with Gasteiger partial charge in [0, 0.05) is 0 Å². The summed E-state index contributed by atoms with van der Waals surface area (Å²) in [5.74, 6) is 0.873. The first-order chi connectivity index (χ1) is 10.8. The average Bonchev–Trinajstić information content (AvgIpc) is 2.43. The highest BCUT2D eigenvalue weighted by Crippen LogP contribution is 2.30. The minimum atomic E-state index is -0.462. The summed E-state index contributed by atoms with van der Waals surface area (Å²) in [6.45, 7) is 13.6. The fraction of sp³-hybridized carbons (Fsp3) is 0.684. The van der Waals surface area contributed by atoms with E-state index in [0.29, 0.717) is 13.2 Å². The number of hydrogen-bond acceptors (Lipinski definition) is 3. The van der Waals surface area contributed by atoms with Crippen LogP contribution < -0.4 is 9.64 Å². The molecular weight excluding hydrogens is 290 g/mol. The number of aliphatic hydroxyl groups is 1. The zero-order chi connectivity index (χ0) is 17.0. The molecule has 0 aromatic heterocycles. The van der Waals surface area contributed by atoms with Gasteiger partial charge in [-0.2, -0.15) is 0 Å². The Kier molecular flexibility index (Phi) is 6.06. The summed E-state index contributed by atoms with van der Waals surface area (Å²) in [5.41, 5.74) is 1.20. The number of nitrogens with one attached hydrogen (secondary N) is 1. The molecule has 0 unspecified atom stereocenters. The van der Waals surface area contributed by atoms with Gasteiger partial charge in [0.25, 0.3) is 0 Å². The second-order valence-electron chi connectivity index (χ2n) is 7.83. The predicted octanol–water partition coefficient (Wildman–Crippen LogP) is 1.42. The van der Waals surface area contributed by atoms with Crippen molar-refractivity contribution in [3.05, 3.63) is 29.8 Å². The van der Waals surface area contributed by atoms with Crippen LogP contribution in [0.5, 0.6) is 5.75 Å². The molecule has 4 heteroatoms. The van der Waals surface area contributed by atoms with Crippen LogP contribution in [0.15, 0.2) is 24.3 Å². The van der Waals surface area contributed by atoms with Crippen LogP contribution in [0.4, 0.5) is 0 Å². The SMILES string of the molecule is C[C@@H]1C[NH+](C[C@H](O)COc2ccccc2C(C)(C)C)C[C@@H](C)O1. The van der Waals surface area contributed by atoms with Gasteiger partial charge in [-0.25, -0.2) is 0 Å². The van der Waals surface area contributed by atoms with Gasteiger partial charge in [-0.3, -0.25) is 0 Å². The third-order valence-electron chi connectivity index (χ3n) is 4.27. The van der Waals surface area contributed by atoms with Gasteiger partial charge >= 0.3 is 0 Å². The monoisotopic (exact) mass is 322 g/mol. The van der Waals surface area contributed by atoms with E-state index < -0.39 is 6.10 Å². The number of benzene rings is 1. The van der Waals surface area contributed by atoms with Crippen molar-refractivity contribution in [1.29, 1.82) is 0 Å². The first kappa shape index (κ1) is 18.2. The topological polar surface area (TPSA) is 43.1 Å². The maximum atomic E-state index is 10.3. The predicted molar refractivity (Wildman–Crippen MR) is 92.2 cm³/mol. The molecule has 1 aromatic rings. The van der Waals surface area contributed by atoms with Crippen molar-refractivity contribution < 1.29 is 19.5 Å². The summed E-state index contributed by atoms with van der Waals surface area (Å²) in [5, 5.41) is 10.3. The van der Waals surface area contributed by atoms with E-state index in [0.717, 1.165) is 18.8 Å². The smallest absolute Gasteiger partial charge is 0.137 e. The zero-order valence-electron chi connectivity index (χ0n) is 15.1. The van der Waals surface area contributed by atoms with Crippen molar-refractivity contribution >= 4 is 0 Å². The van der Waals surface area contributed by atoms with E-state index in [4.69, 9.17) is 9.47 Å². The van der Waals surface area contributed by atoms with E-state index >= 15 is 0 Å². The minimum absolute atomic E-state index is 0.0296. The molecule has 0 saturated carbocycles. The van der Waals surface area contributed by atoms with Crippen LogP contribution in [0.1, 0.15) is 40.2 Å². The van der Waals surface area contributed by atoms with E-state index in [1.54, 1.807) is 0 Å². The third-order valence-corrected chi connectivity index (χ3v) is 4.27. The molecule has 1 aliphatic rings. The summed E-state index contributed by atoms with van der Waals surface area (Å²) < 4.78 is 11.7. The standard InChI is InChI=1S/C19H31NO3/c1-14-10-20(11-15(2)23-14)12-16(21)13-22-18-9-7-6-8-17(18)19(3,4)5/h6-9,14-16,21H,10-13H2,1-5H3/p+1/t14-,15-,16+/m1/s1. The van der Waals surface area contributed by atoms with Gasteiger partial charge in [0.15, 0.2) is 0 Å². The molecule has 23 heavy (non-hydrogen) atoms. The Morgan fingerprint density at radius 3 is 2.43 bits per heavy atom. The molecule has 1 saturated heterocycles. The van der Waals surface area contributed by atoms with Crippen molar-refractivity contribution in [2.24, 2.45) is 0 Å². The van der Waals surface area contributed by atoms with Gasteiger partial charge < -0.3 is 19.5 Å². The molecule has 0 aliphatic carbocycles. The minimum Gasteiger partial charge on any atom is -0.490 e. The number of ether oxygens (including phenoxy) is 2. The summed E-state index contributed by atoms with van der Waals surface area (Å²) in [7, 11) is 0. The van der Waals surface area contributed by atoms with Crippen LogP contribution in [0.3, 0.4) is 0 Å². The quantitative estimate of drug-likeness (QED) is 0.861. The van der Waals surface area contributed by atoms with E-state index in [1.807, 2.05) is 18.2 Å². The molecular formula is C19H32NO3+. The number of aliphatic hydroxyl groups excluding tert-OH is 1. The van der Waals surface area contributed by atoms with Crippen LogP contribution in [0, 0.1) is 0 Å². The third kappa shape index (κ3) is 5.48. The molecule has 0 spiro atoms. The Balaban J connectivity index is 1.89. The number of hydrogen-bond donors (Lipinski definition) is 2. The molecule has 1 heterocycles. The summed E-state index contributed by atoms with van der Waals surface area (Å²) in [6.07, 6.45) is 0.0440. The van der Waals surface area contributed by atoms with E-state index in [-0.39, 0.29) is 17.6 Å². The zero-order valence-corrected chi connectivity index (χ0v) is 15.1. The van der Waals surface area contributed by atoms with Crippen molar-refractivity contribution in [3.63, 3.8) is 0 Å². The van der Waals surface area contributed by atoms with Crippen LogP contribution in [0.25, 0.3) is 0 Å². The lowest BCUT2D eigenvalue weighted by atomic mass is 9.86. The summed E-state index contributed by atoms with van der Waals surface area (Å²) in [4.78, 5) is 1.39. The Hall–Kier alpha value is -1.10. The van der Waals surface area contributed by atoms with Gasteiger partial charge in [-0.1, -0.05) is 39.0 Å². The molecule has 1 aromatic carbocycles. The molecule has 2 N–H and O–H groups in total. The van der Waals surface area contributed by atoms with Crippen molar-refractivity contribution in [3.8, 4) is 5.75 Å². The Labute approximate surface area is 140 Å². The van der Waals surface area contributed by atoms with Crippen LogP contribution in [-0.4, -0.2) is 49.7 Å². The van der Waals surface area contributed by atoms with Crippen molar-refractivity contribution in [2.45, 2.75) is 58.3 Å². The van der Waals surface area contributed by atoms with Crippen LogP contribution >= 0.6 is 0 Å². The number of rotatable bonds is 5. The highest BCUT2D eigenvalue weighted by atomic mass is 16.5. The molecule has 4 nitrogen and oxygen atoms in total. The average molecular weight is 322 g/mol. The lowest BCUT2D eigenvalue weighted by molar-refractivity contribution is -0.918. The lowest BCUT2D eigenvalue weighted by Crippen LogP contribution is -3.16. The van der Waals surface area contributed by atoms with E-state index in [9.17, 15) is 5.11 Å². The highest BCUT2D eigenvalue weighted by molar-refractivity contribution is 5.38. The summed E-state index contributed by atoms with van der Waals surface area (Å²) >= 11 is 0. The van der Waals surface area contributed by atoms with Gasteiger partial charge in [-0.05, 0) is 30.9 Å². The Bertz CT molecular complexity index is 488. The van der Waals surface area contributed by atoms with Gasteiger partial charge in [0.05, 0.1) is 0 Å². The maximum absolute atomic E-state index is 10.3. The largest absolute Gasteiger partial charge is 0.490 e. The van der Waals surface area contributed by atoms with Crippen molar-refractivity contribution in [1.82, 2.24) is 0 Å². The molecule has 130 valence electrons. The normalized spacial score (nSPS) is 26.8. The molecule has 3 atom stereocenters. The van der Waals surface area contributed by atoms with E-state index in [1.165, 1.54) is 10.5 Å². The summed E-state index contributed by atoms with van der Waals surface area (Å²) in [6, 6.07) is 8.09. The molecule has 1 fully saturated rings. The van der Waals surface area contributed by atoms with Crippen molar-refractivity contribution in [2.75, 3.05) is 26.2 Å². The van der Waals surface area contributed by atoms with E-state index in [2.05, 4.69) is 40.7 Å². The number of quaternary nitrogens is 1. The first-order valence-electron chi connectivity index (χ1n) is 8.65. The fourth-order valence-corrected chi connectivity index (χ4v) is 3.35. The molecule has 0 amide bonds. The van der Waals surface area contributed by atoms with Gasteiger partial charge in [0.2, 0.25) is 0 Å². The van der Waals surface area contributed by atoms with Crippen LogP contribution in [0.2, 0.25) is 0 Å². The second-order valence-corrected chi connectivity index (χ2v) is 7.83. The molecule has 2 rings (SSSR count).